The molecule has 1 aliphatic rings. The SMILES string of the molecule is CC(C)N(CC1CC1)c1ccnc(Cl)n1. The Morgan fingerprint density at radius 2 is 2.27 bits per heavy atom. The predicted octanol–water partition coefficient (Wildman–Crippen LogP) is 2.75. The fourth-order valence-electron chi connectivity index (χ4n) is 1.63. The number of hydrogen-bond acceptors (Lipinski definition) is 3. The molecule has 0 radical (unpaired) electrons. The van der Waals surface area contributed by atoms with Crippen LogP contribution in [0.5, 0.6) is 0 Å². The molecule has 0 atom stereocenters. The van der Waals surface area contributed by atoms with Gasteiger partial charge in [-0.25, -0.2) is 9.97 Å². The summed E-state index contributed by atoms with van der Waals surface area (Å²) in [6.07, 6.45) is 4.41. The monoisotopic (exact) mass is 225 g/mol. The number of rotatable bonds is 4. The van der Waals surface area contributed by atoms with E-state index in [9.17, 15) is 0 Å². The molecular formula is C11H16ClN3. The van der Waals surface area contributed by atoms with Crippen LogP contribution in [0, 0.1) is 5.92 Å². The van der Waals surface area contributed by atoms with Crippen LogP contribution >= 0.6 is 11.6 Å². The molecule has 0 amide bonds. The molecule has 3 nitrogen and oxygen atoms in total. The van der Waals surface area contributed by atoms with Gasteiger partial charge in [-0.2, -0.15) is 0 Å². The zero-order chi connectivity index (χ0) is 10.8. The zero-order valence-corrected chi connectivity index (χ0v) is 9.91. The van der Waals surface area contributed by atoms with Crippen molar-refractivity contribution in [3.05, 3.63) is 17.5 Å². The Labute approximate surface area is 95.5 Å². The van der Waals surface area contributed by atoms with E-state index in [2.05, 4.69) is 28.7 Å². The fraction of sp³-hybridized carbons (Fsp3) is 0.636. The van der Waals surface area contributed by atoms with E-state index in [1.165, 1.54) is 12.8 Å². The molecule has 0 N–H and O–H groups in total. The molecule has 1 aromatic rings. The smallest absolute Gasteiger partial charge is 0.224 e. The van der Waals surface area contributed by atoms with E-state index < -0.39 is 0 Å². The van der Waals surface area contributed by atoms with Gasteiger partial charge in [0.25, 0.3) is 0 Å². The van der Waals surface area contributed by atoms with Crippen LogP contribution in [0.4, 0.5) is 5.82 Å². The summed E-state index contributed by atoms with van der Waals surface area (Å²) in [5.74, 6) is 1.79. The quantitative estimate of drug-likeness (QED) is 0.738. The minimum atomic E-state index is 0.328. The minimum Gasteiger partial charge on any atom is -0.354 e. The lowest BCUT2D eigenvalue weighted by Gasteiger charge is -2.27. The standard InChI is InChI=1S/C11H16ClN3/c1-8(2)15(7-9-3-4-9)10-5-6-13-11(12)14-10/h5-6,8-9H,3-4,7H2,1-2H3. The molecule has 0 aromatic carbocycles. The maximum absolute atomic E-state index is 5.80. The third kappa shape index (κ3) is 2.81. The Bertz CT molecular complexity index is 336. The molecule has 0 unspecified atom stereocenters. The summed E-state index contributed by atoms with van der Waals surface area (Å²) in [4.78, 5) is 10.5. The maximum Gasteiger partial charge on any atom is 0.224 e. The van der Waals surface area contributed by atoms with Crippen molar-refractivity contribution in [1.82, 2.24) is 9.97 Å². The maximum atomic E-state index is 5.80. The third-order valence-corrected chi connectivity index (χ3v) is 2.86. The number of nitrogens with zero attached hydrogens (tertiary/aromatic N) is 3. The lowest BCUT2D eigenvalue weighted by molar-refractivity contribution is 0.636. The zero-order valence-electron chi connectivity index (χ0n) is 9.15. The molecule has 1 heterocycles. The van der Waals surface area contributed by atoms with Gasteiger partial charge in [0.15, 0.2) is 0 Å². The van der Waals surface area contributed by atoms with Crippen LogP contribution in [-0.4, -0.2) is 22.6 Å². The molecule has 1 saturated carbocycles. The Hall–Kier alpha value is -0.830. The van der Waals surface area contributed by atoms with E-state index in [4.69, 9.17) is 11.6 Å². The van der Waals surface area contributed by atoms with Gasteiger partial charge in [0.1, 0.15) is 5.82 Å². The van der Waals surface area contributed by atoms with Gasteiger partial charge < -0.3 is 4.90 Å². The average Bonchev–Trinajstić information content (AvgIpc) is 2.97. The van der Waals surface area contributed by atoms with Crippen molar-refractivity contribution in [3.63, 3.8) is 0 Å². The molecule has 2 rings (SSSR count). The second-order valence-corrected chi connectivity index (χ2v) is 4.71. The van der Waals surface area contributed by atoms with Crippen molar-refractivity contribution >= 4 is 17.4 Å². The van der Waals surface area contributed by atoms with Gasteiger partial charge in [0.2, 0.25) is 5.28 Å². The van der Waals surface area contributed by atoms with Crippen molar-refractivity contribution in [2.24, 2.45) is 5.92 Å². The highest BCUT2D eigenvalue weighted by Gasteiger charge is 2.26. The molecule has 1 aromatic heterocycles. The summed E-state index contributed by atoms with van der Waals surface area (Å²) in [6.45, 7) is 5.45. The van der Waals surface area contributed by atoms with Crippen molar-refractivity contribution in [2.75, 3.05) is 11.4 Å². The minimum absolute atomic E-state index is 0.328. The molecule has 0 aliphatic heterocycles. The summed E-state index contributed by atoms with van der Waals surface area (Å²) in [5.41, 5.74) is 0. The largest absolute Gasteiger partial charge is 0.354 e. The van der Waals surface area contributed by atoms with E-state index in [0.717, 1.165) is 18.3 Å². The molecule has 4 heteroatoms. The molecule has 0 spiro atoms. The summed E-state index contributed by atoms with van der Waals surface area (Å²) in [6, 6.07) is 2.38. The van der Waals surface area contributed by atoms with E-state index >= 15 is 0 Å². The Morgan fingerprint density at radius 1 is 1.53 bits per heavy atom. The van der Waals surface area contributed by atoms with Gasteiger partial charge in [-0.3, -0.25) is 0 Å². The fourth-order valence-corrected chi connectivity index (χ4v) is 1.78. The molecule has 82 valence electrons. The Morgan fingerprint density at radius 3 is 2.80 bits per heavy atom. The summed E-state index contributed by atoms with van der Waals surface area (Å²) >= 11 is 5.80. The van der Waals surface area contributed by atoms with Gasteiger partial charge in [-0.05, 0) is 50.3 Å². The first-order valence-electron chi connectivity index (χ1n) is 5.42. The molecule has 1 aliphatic carbocycles. The van der Waals surface area contributed by atoms with Crippen LogP contribution in [0.15, 0.2) is 12.3 Å². The molecule has 15 heavy (non-hydrogen) atoms. The van der Waals surface area contributed by atoms with Crippen LogP contribution in [0.25, 0.3) is 0 Å². The molecular weight excluding hydrogens is 210 g/mol. The van der Waals surface area contributed by atoms with Crippen LogP contribution in [0.2, 0.25) is 5.28 Å². The molecule has 0 saturated heterocycles. The number of hydrogen-bond donors (Lipinski definition) is 0. The second-order valence-electron chi connectivity index (χ2n) is 4.37. The normalized spacial score (nSPS) is 15.7. The van der Waals surface area contributed by atoms with Crippen LogP contribution in [0.1, 0.15) is 26.7 Å². The highest BCUT2D eigenvalue weighted by Crippen LogP contribution is 2.31. The van der Waals surface area contributed by atoms with Gasteiger partial charge in [0, 0.05) is 18.8 Å². The van der Waals surface area contributed by atoms with Crippen molar-refractivity contribution in [3.8, 4) is 0 Å². The van der Waals surface area contributed by atoms with E-state index in [-0.39, 0.29) is 0 Å². The number of aromatic nitrogens is 2. The molecule has 1 fully saturated rings. The van der Waals surface area contributed by atoms with Crippen molar-refractivity contribution in [1.29, 1.82) is 0 Å². The van der Waals surface area contributed by atoms with Gasteiger partial charge in [-0.15, -0.1) is 0 Å². The highest BCUT2D eigenvalue weighted by molar-refractivity contribution is 6.28. The van der Waals surface area contributed by atoms with Crippen molar-refractivity contribution in [2.45, 2.75) is 32.7 Å². The van der Waals surface area contributed by atoms with Gasteiger partial charge in [-0.1, -0.05) is 0 Å². The van der Waals surface area contributed by atoms with E-state index in [0.29, 0.717) is 11.3 Å². The summed E-state index contributed by atoms with van der Waals surface area (Å²) in [7, 11) is 0. The first-order chi connectivity index (χ1) is 7.16. The summed E-state index contributed by atoms with van der Waals surface area (Å²) < 4.78 is 0. The van der Waals surface area contributed by atoms with Crippen LogP contribution in [0.3, 0.4) is 0 Å². The Kier molecular flexibility index (Phi) is 3.10. The lowest BCUT2D eigenvalue weighted by atomic mass is 10.2. The van der Waals surface area contributed by atoms with Crippen LogP contribution in [-0.2, 0) is 0 Å². The first kappa shape index (κ1) is 10.7. The van der Waals surface area contributed by atoms with E-state index in [1.807, 2.05) is 6.07 Å². The van der Waals surface area contributed by atoms with Gasteiger partial charge in [0.05, 0.1) is 0 Å². The number of anilines is 1. The third-order valence-electron chi connectivity index (χ3n) is 2.68. The topological polar surface area (TPSA) is 29.0 Å². The average molecular weight is 226 g/mol. The highest BCUT2D eigenvalue weighted by atomic mass is 35.5. The molecule has 0 bridgehead atoms. The predicted molar refractivity (Wildman–Crippen MR) is 62.2 cm³/mol. The first-order valence-corrected chi connectivity index (χ1v) is 5.80. The van der Waals surface area contributed by atoms with E-state index in [1.54, 1.807) is 6.20 Å². The lowest BCUT2D eigenvalue weighted by Crippen LogP contribution is -2.33. The second kappa shape index (κ2) is 4.35. The van der Waals surface area contributed by atoms with Crippen LogP contribution < -0.4 is 4.90 Å². The number of halogens is 1. The van der Waals surface area contributed by atoms with Crippen molar-refractivity contribution < 1.29 is 0 Å². The summed E-state index contributed by atoms with van der Waals surface area (Å²) in [5, 5.41) is 0.328. The van der Waals surface area contributed by atoms with Gasteiger partial charge >= 0.3 is 0 Å². The Balaban J connectivity index is 2.15.